The molecule has 2 saturated heterocycles. The molecule has 2 aliphatic rings. The minimum atomic E-state index is -1.18. The molecule has 0 saturated carbocycles. The molecule has 6 rings (SSSR count). The lowest BCUT2D eigenvalue weighted by atomic mass is 9.82. The zero-order valence-corrected chi connectivity index (χ0v) is 34.6. The summed E-state index contributed by atoms with van der Waals surface area (Å²) in [6.45, 7) is 7.81. The fraction of sp³-hybridized carbons (Fsp3) is 0.348. The maximum absolute atomic E-state index is 13.3. The second-order valence-corrected chi connectivity index (χ2v) is 14.6. The molecule has 2 heterocycles. The molecule has 0 aromatic heterocycles. The molecule has 0 N–H and O–H groups in total. The summed E-state index contributed by atoms with van der Waals surface area (Å²) in [6.07, 6.45) is -0.220. The maximum atomic E-state index is 13.3. The summed E-state index contributed by atoms with van der Waals surface area (Å²) in [5.74, 6) is -1.95. The lowest BCUT2D eigenvalue weighted by molar-refractivity contribution is -0.111. The summed E-state index contributed by atoms with van der Waals surface area (Å²) in [6, 6.07) is 23.1. The van der Waals surface area contributed by atoms with Crippen LogP contribution in [0.1, 0.15) is 94.8 Å². The first-order valence-corrected chi connectivity index (χ1v) is 20.1. The third kappa shape index (κ3) is 10.7. The van der Waals surface area contributed by atoms with Gasteiger partial charge in [-0.15, -0.1) is 0 Å². The molecular formula is C46H46O16. The van der Waals surface area contributed by atoms with Crippen LogP contribution < -0.4 is 18.9 Å². The molecule has 4 atom stereocenters. The van der Waals surface area contributed by atoms with E-state index >= 15 is 0 Å². The SMILES string of the molecule is CCCCOC(=O)Oc1ccc(C(=O)Oc2ccc(C(=O)O[C@H]3CO[C@]4(C)[C@H](OC(=O)c5ccc(OC(=O)c6ccc(OC(=O)OCCCC)cc6)cc5)CO[C@]34C)cc2)cc1. The lowest BCUT2D eigenvalue weighted by Gasteiger charge is -2.36. The molecule has 0 radical (unpaired) electrons. The molecule has 0 unspecified atom stereocenters. The summed E-state index contributed by atoms with van der Waals surface area (Å²) in [7, 11) is 0. The van der Waals surface area contributed by atoms with Crippen LogP contribution in [0.15, 0.2) is 97.1 Å². The van der Waals surface area contributed by atoms with Crippen LogP contribution in [-0.4, -0.2) is 86.0 Å². The fourth-order valence-electron chi connectivity index (χ4n) is 6.43. The smallest absolute Gasteiger partial charge is 0.453 e. The van der Waals surface area contributed by atoms with Gasteiger partial charge >= 0.3 is 36.2 Å². The van der Waals surface area contributed by atoms with Crippen LogP contribution in [-0.2, 0) is 28.4 Å². The number of hydrogen-bond acceptors (Lipinski definition) is 16. The Hall–Kier alpha value is -6.78. The van der Waals surface area contributed by atoms with Gasteiger partial charge in [0.25, 0.3) is 0 Å². The summed E-state index contributed by atoms with van der Waals surface area (Å²) < 4.78 is 54.9. The van der Waals surface area contributed by atoms with Crippen LogP contribution in [0.5, 0.6) is 23.0 Å². The number of ether oxygens (including phenoxy) is 10. The predicted molar refractivity (Wildman–Crippen MR) is 217 cm³/mol. The molecule has 0 aliphatic carbocycles. The van der Waals surface area contributed by atoms with Crippen molar-refractivity contribution in [2.45, 2.75) is 76.8 Å². The number of unbranched alkanes of at least 4 members (excludes halogenated alkanes) is 2. The molecule has 2 fully saturated rings. The summed E-state index contributed by atoms with van der Waals surface area (Å²) in [4.78, 5) is 75.5. The Kier molecular flexibility index (Phi) is 14.6. The van der Waals surface area contributed by atoms with Crippen LogP contribution in [0.2, 0.25) is 0 Å². The van der Waals surface area contributed by atoms with E-state index in [-0.39, 0.29) is 71.7 Å². The normalized spacial score (nSPS) is 19.9. The Morgan fingerprint density at radius 2 is 0.758 bits per heavy atom. The molecule has 2 aliphatic heterocycles. The summed E-state index contributed by atoms with van der Waals surface area (Å²) in [5, 5.41) is 0. The minimum absolute atomic E-state index is 0.0340. The monoisotopic (exact) mass is 854 g/mol. The lowest BCUT2D eigenvalue weighted by Crippen LogP contribution is -2.55. The van der Waals surface area contributed by atoms with Crippen molar-refractivity contribution in [2.75, 3.05) is 26.4 Å². The molecule has 4 aromatic carbocycles. The molecule has 16 nitrogen and oxygen atoms in total. The van der Waals surface area contributed by atoms with Crippen LogP contribution in [0.25, 0.3) is 0 Å². The van der Waals surface area contributed by atoms with E-state index < -0.39 is 59.6 Å². The Labute approximate surface area is 357 Å². The average molecular weight is 855 g/mol. The number of rotatable bonds is 16. The third-order valence-corrected chi connectivity index (χ3v) is 10.4. The van der Waals surface area contributed by atoms with Crippen LogP contribution >= 0.6 is 0 Å². The van der Waals surface area contributed by atoms with E-state index in [2.05, 4.69) is 0 Å². The Bertz CT molecular complexity index is 2060. The van der Waals surface area contributed by atoms with E-state index in [0.29, 0.717) is 0 Å². The topological polar surface area (TPSA) is 195 Å². The van der Waals surface area contributed by atoms with Crippen molar-refractivity contribution in [3.05, 3.63) is 119 Å². The molecule has 16 heteroatoms. The highest BCUT2D eigenvalue weighted by Crippen LogP contribution is 2.49. The first kappa shape index (κ1) is 44.8. The van der Waals surface area contributed by atoms with E-state index in [4.69, 9.17) is 47.4 Å². The molecule has 0 bridgehead atoms. The second-order valence-electron chi connectivity index (χ2n) is 14.6. The van der Waals surface area contributed by atoms with Gasteiger partial charge in [0.2, 0.25) is 0 Å². The van der Waals surface area contributed by atoms with Crippen molar-refractivity contribution in [3.8, 4) is 23.0 Å². The summed E-state index contributed by atoms with van der Waals surface area (Å²) in [5.41, 5.74) is -1.61. The van der Waals surface area contributed by atoms with E-state index in [1.54, 1.807) is 13.8 Å². The van der Waals surface area contributed by atoms with Gasteiger partial charge < -0.3 is 47.4 Å². The Balaban J connectivity index is 0.966. The standard InChI is InChI=1S/C46H46O16/c1-5-7-25-53-43(51)59-35-21-13-29(14-22-35)39(47)57-33-17-9-31(10-18-33)41(49)61-37-27-55-46(4)38(28-56-45(37,46)3)62-42(50)32-11-19-34(20-12-32)58-40(48)30-15-23-36(24-16-30)60-44(52)54-26-8-6-2/h9-24,37-38H,5-8,25-28H2,1-4H3/t37-,38+,45-,46-/m1/s1. The van der Waals surface area contributed by atoms with E-state index in [9.17, 15) is 28.8 Å². The van der Waals surface area contributed by atoms with Gasteiger partial charge in [0, 0.05) is 0 Å². The fourth-order valence-corrected chi connectivity index (χ4v) is 6.43. The molecule has 0 spiro atoms. The zero-order chi connectivity index (χ0) is 44.3. The Morgan fingerprint density at radius 1 is 0.468 bits per heavy atom. The third-order valence-electron chi connectivity index (χ3n) is 10.4. The van der Waals surface area contributed by atoms with Gasteiger partial charge in [-0.25, -0.2) is 28.8 Å². The minimum Gasteiger partial charge on any atom is -0.453 e. The van der Waals surface area contributed by atoms with Gasteiger partial charge in [-0.1, -0.05) is 26.7 Å². The predicted octanol–water partition coefficient (Wildman–Crippen LogP) is 8.08. The number of benzene rings is 4. The Morgan fingerprint density at radius 3 is 1.06 bits per heavy atom. The molecule has 4 aromatic rings. The highest BCUT2D eigenvalue weighted by molar-refractivity contribution is 5.93. The van der Waals surface area contributed by atoms with Crippen molar-refractivity contribution < 1.29 is 76.1 Å². The van der Waals surface area contributed by atoms with Gasteiger partial charge in [0.15, 0.2) is 12.2 Å². The molecular weight excluding hydrogens is 808 g/mol. The van der Waals surface area contributed by atoms with Gasteiger partial charge in [-0.3, -0.25) is 0 Å². The molecule has 326 valence electrons. The average Bonchev–Trinajstić information content (AvgIpc) is 3.66. The first-order valence-electron chi connectivity index (χ1n) is 20.1. The highest BCUT2D eigenvalue weighted by Gasteiger charge is 2.68. The van der Waals surface area contributed by atoms with Crippen LogP contribution in [0.4, 0.5) is 9.59 Å². The van der Waals surface area contributed by atoms with E-state index in [1.807, 2.05) is 13.8 Å². The van der Waals surface area contributed by atoms with Gasteiger partial charge in [-0.2, -0.15) is 0 Å². The second kappa shape index (κ2) is 20.2. The van der Waals surface area contributed by atoms with Gasteiger partial charge in [0.05, 0.1) is 48.7 Å². The van der Waals surface area contributed by atoms with E-state index in [0.717, 1.165) is 25.7 Å². The first-order chi connectivity index (χ1) is 29.8. The van der Waals surface area contributed by atoms with Crippen LogP contribution in [0.3, 0.4) is 0 Å². The number of carbonyl (C=O) groups excluding carboxylic acids is 6. The largest absolute Gasteiger partial charge is 0.513 e. The number of fused-ring (bicyclic) bond motifs is 1. The molecule has 62 heavy (non-hydrogen) atoms. The summed E-state index contributed by atoms with van der Waals surface area (Å²) >= 11 is 0. The van der Waals surface area contributed by atoms with Crippen LogP contribution in [0, 0.1) is 0 Å². The van der Waals surface area contributed by atoms with Gasteiger partial charge in [-0.05, 0) is 124 Å². The maximum Gasteiger partial charge on any atom is 0.513 e. The van der Waals surface area contributed by atoms with E-state index in [1.165, 1.54) is 97.1 Å². The van der Waals surface area contributed by atoms with Crippen molar-refractivity contribution in [1.82, 2.24) is 0 Å². The molecule has 0 amide bonds. The zero-order valence-electron chi connectivity index (χ0n) is 34.6. The van der Waals surface area contributed by atoms with Crippen molar-refractivity contribution in [3.63, 3.8) is 0 Å². The van der Waals surface area contributed by atoms with Crippen molar-refractivity contribution in [1.29, 1.82) is 0 Å². The van der Waals surface area contributed by atoms with Crippen molar-refractivity contribution >= 4 is 36.2 Å². The highest BCUT2D eigenvalue weighted by atomic mass is 16.7. The quantitative estimate of drug-likeness (QED) is 0.0345. The van der Waals surface area contributed by atoms with Crippen molar-refractivity contribution in [2.24, 2.45) is 0 Å². The number of esters is 4. The number of hydrogen-bond donors (Lipinski definition) is 0. The number of carbonyl (C=O) groups is 6. The van der Waals surface area contributed by atoms with Gasteiger partial charge in [0.1, 0.15) is 34.2 Å².